The van der Waals surface area contributed by atoms with Crippen molar-refractivity contribution < 1.29 is 4.90 Å². The Balaban J connectivity index is 1.97. The van der Waals surface area contributed by atoms with E-state index in [1.54, 1.807) is 0 Å². The zero-order valence-electron chi connectivity index (χ0n) is 14.8. The minimum atomic E-state index is 0.669. The lowest BCUT2D eigenvalue weighted by Gasteiger charge is -2.26. The van der Waals surface area contributed by atoms with Gasteiger partial charge in [0, 0.05) is 31.1 Å². The van der Waals surface area contributed by atoms with E-state index in [0.717, 1.165) is 43.3 Å². The van der Waals surface area contributed by atoms with E-state index in [1.165, 1.54) is 36.3 Å². The summed E-state index contributed by atoms with van der Waals surface area (Å²) in [7, 11) is 4.33. The van der Waals surface area contributed by atoms with Crippen LogP contribution in [0.25, 0.3) is 0 Å². The SMILES string of the molecule is C[NH+](C)CCCNC(=S)Nc1cc(Cl)ccc1N1CCCCCC1. The van der Waals surface area contributed by atoms with Crippen molar-refractivity contribution in [3.05, 3.63) is 23.2 Å². The van der Waals surface area contributed by atoms with Gasteiger partial charge in [-0.1, -0.05) is 24.4 Å². The summed E-state index contributed by atoms with van der Waals surface area (Å²) in [5.41, 5.74) is 2.20. The molecule has 0 atom stereocenters. The second-order valence-electron chi connectivity index (χ2n) is 6.75. The molecule has 0 aromatic heterocycles. The summed E-state index contributed by atoms with van der Waals surface area (Å²) in [6, 6.07) is 6.04. The summed E-state index contributed by atoms with van der Waals surface area (Å²) in [5, 5.41) is 8.04. The molecule has 0 aliphatic carbocycles. The van der Waals surface area contributed by atoms with Gasteiger partial charge in [-0.25, -0.2) is 0 Å². The van der Waals surface area contributed by atoms with Crippen molar-refractivity contribution in [2.75, 3.05) is 50.5 Å². The van der Waals surface area contributed by atoms with Gasteiger partial charge in [-0.05, 0) is 43.3 Å². The fraction of sp³-hybridized carbons (Fsp3) is 0.611. The van der Waals surface area contributed by atoms with Gasteiger partial charge >= 0.3 is 0 Å². The number of benzene rings is 1. The van der Waals surface area contributed by atoms with Crippen LogP contribution in [0.1, 0.15) is 32.1 Å². The Morgan fingerprint density at radius 1 is 1.21 bits per heavy atom. The molecule has 4 nitrogen and oxygen atoms in total. The maximum atomic E-state index is 6.21. The molecule has 134 valence electrons. The molecule has 0 radical (unpaired) electrons. The predicted octanol–water partition coefficient (Wildman–Crippen LogP) is 2.54. The predicted molar refractivity (Wildman–Crippen MR) is 109 cm³/mol. The molecule has 24 heavy (non-hydrogen) atoms. The van der Waals surface area contributed by atoms with Crippen molar-refractivity contribution in [1.82, 2.24) is 5.32 Å². The van der Waals surface area contributed by atoms with Crippen molar-refractivity contribution in [1.29, 1.82) is 0 Å². The number of rotatable bonds is 6. The van der Waals surface area contributed by atoms with Gasteiger partial charge in [0.2, 0.25) is 0 Å². The average Bonchev–Trinajstić information content (AvgIpc) is 2.81. The molecule has 6 heteroatoms. The summed E-state index contributed by atoms with van der Waals surface area (Å²) < 4.78 is 0. The first-order valence-corrected chi connectivity index (χ1v) is 9.73. The van der Waals surface area contributed by atoms with Crippen LogP contribution in [-0.2, 0) is 0 Å². The van der Waals surface area contributed by atoms with Crippen molar-refractivity contribution in [2.24, 2.45) is 0 Å². The Kier molecular flexibility index (Phi) is 8.09. The summed E-state index contributed by atoms with van der Waals surface area (Å²) in [4.78, 5) is 3.90. The number of halogens is 1. The van der Waals surface area contributed by atoms with Gasteiger partial charge in [-0.2, -0.15) is 0 Å². The van der Waals surface area contributed by atoms with Crippen molar-refractivity contribution in [3.63, 3.8) is 0 Å². The number of anilines is 2. The highest BCUT2D eigenvalue weighted by atomic mass is 35.5. The van der Waals surface area contributed by atoms with Crippen LogP contribution in [0.15, 0.2) is 18.2 Å². The van der Waals surface area contributed by atoms with E-state index in [0.29, 0.717) is 5.11 Å². The maximum absolute atomic E-state index is 6.21. The third-order valence-electron chi connectivity index (χ3n) is 4.29. The van der Waals surface area contributed by atoms with Crippen molar-refractivity contribution in [3.8, 4) is 0 Å². The molecule has 0 bridgehead atoms. The highest BCUT2D eigenvalue weighted by molar-refractivity contribution is 7.80. The largest absolute Gasteiger partial charge is 0.370 e. The Morgan fingerprint density at radius 2 is 1.92 bits per heavy atom. The van der Waals surface area contributed by atoms with Gasteiger partial charge in [-0.15, -0.1) is 0 Å². The first kappa shape index (κ1) is 19.3. The monoisotopic (exact) mass is 369 g/mol. The van der Waals surface area contributed by atoms with Crippen LogP contribution < -0.4 is 20.4 Å². The third-order valence-corrected chi connectivity index (χ3v) is 4.77. The Morgan fingerprint density at radius 3 is 2.58 bits per heavy atom. The molecule has 0 amide bonds. The number of thiocarbonyl (C=S) groups is 1. The minimum Gasteiger partial charge on any atom is -0.370 e. The molecule has 1 fully saturated rings. The number of hydrogen-bond donors (Lipinski definition) is 3. The summed E-state index contributed by atoms with van der Waals surface area (Å²) in [6.07, 6.45) is 6.23. The standard InChI is InChI=1S/C18H29ClN4S/c1-22(2)11-7-10-20-18(24)21-16-14-15(19)8-9-17(16)23-12-5-3-4-6-13-23/h8-9,14H,3-7,10-13H2,1-2H3,(H2,20,21,24)/p+1. The molecule has 1 aliphatic heterocycles. The fourth-order valence-corrected chi connectivity index (χ4v) is 3.39. The summed E-state index contributed by atoms with van der Waals surface area (Å²) in [6.45, 7) is 4.21. The van der Waals surface area contributed by atoms with E-state index < -0.39 is 0 Å². The molecule has 1 aromatic rings. The number of quaternary nitrogens is 1. The average molecular weight is 370 g/mol. The van der Waals surface area contributed by atoms with E-state index in [4.69, 9.17) is 23.8 Å². The first-order valence-electron chi connectivity index (χ1n) is 8.94. The highest BCUT2D eigenvalue weighted by Gasteiger charge is 2.14. The van der Waals surface area contributed by atoms with E-state index >= 15 is 0 Å². The van der Waals surface area contributed by atoms with Crippen LogP contribution in [0.3, 0.4) is 0 Å². The lowest BCUT2D eigenvalue weighted by Crippen LogP contribution is -3.05. The summed E-state index contributed by atoms with van der Waals surface area (Å²) in [5.74, 6) is 0. The fourth-order valence-electron chi connectivity index (χ4n) is 3.01. The van der Waals surface area contributed by atoms with Gasteiger partial charge in [0.25, 0.3) is 0 Å². The second kappa shape index (κ2) is 10.1. The molecule has 1 heterocycles. The van der Waals surface area contributed by atoms with E-state index in [1.807, 2.05) is 12.1 Å². The molecular formula is C18H30ClN4S+. The molecule has 3 N–H and O–H groups in total. The second-order valence-corrected chi connectivity index (χ2v) is 7.60. The molecule has 0 saturated carbocycles. The van der Waals surface area contributed by atoms with E-state index in [2.05, 4.69) is 35.7 Å². The van der Waals surface area contributed by atoms with Crippen LogP contribution in [-0.4, -0.2) is 45.4 Å². The van der Waals surface area contributed by atoms with Gasteiger partial charge < -0.3 is 20.4 Å². The maximum Gasteiger partial charge on any atom is 0.170 e. The zero-order chi connectivity index (χ0) is 17.4. The number of nitrogens with one attached hydrogen (secondary N) is 3. The molecule has 2 rings (SSSR count). The zero-order valence-corrected chi connectivity index (χ0v) is 16.4. The molecule has 0 unspecified atom stereocenters. The van der Waals surface area contributed by atoms with Crippen molar-refractivity contribution in [2.45, 2.75) is 32.1 Å². The Hall–Kier alpha value is -1.04. The van der Waals surface area contributed by atoms with E-state index in [9.17, 15) is 0 Å². The van der Waals surface area contributed by atoms with E-state index in [-0.39, 0.29) is 0 Å². The number of nitrogens with zero attached hydrogens (tertiary/aromatic N) is 1. The summed E-state index contributed by atoms with van der Waals surface area (Å²) >= 11 is 11.7. The molecule has 1 aliphatic rings. The topological polar surface area (TPSA) is 31.7 Å². The smallest absolute Gasteiger partial charge is 0.170 e. The quantitative estimate of drug-likeness (QED) is 0.531. The molecular weight excluding hydrogens is 340 g/mol. The van der Waals surface area contributed by atoms with Gasteiger partial charge in [0.1, 0.15) is 0 Å². The lowest BCUT2D eigenvalue weighted by molar-refractivity contribution is -0.858. The van der Waals surface area contributed by atoms with Crippen LogP contribution in [0, 0.1) is 0 Å². The first-order chi connectivity index (χ1) is 11.6. The molecule has 0 spiro atoms. The van der Waals surface area contributed by atoms with Crippen LogP contribution in [0.5, 0.6) is 0 Å². The Labute approximate surface area is 156 Å². The van der Waals surface area contributed by atoms with Gasteiger partial charge in [0.15, 0.2) is 5.11 Å². The lowest BCUT2D eigenvalue weighted by atomic mass is 10.2. The number of hydrogen-bond acceptors (Lipinski definition) is 2. The van der Waals surface area contributed by atoms with Crippen molar-refractivity contribution >= 4 is 40.3 Å². The highest BCUT2D eigenvalue weighted by Crippen LogP contribution is 2.30. The molecule has 1 aromatic carbocycles. The van der Waals surface area contributed by atoms with Gasteiger partial charge in [-0.3, -0.25) is 0 Å². The third kappa shape index (κ3) is 6.46. The van der Waals surface area contributed by atoms with Crippen LogP contribution >= 0.6 is 23.8 Å². The van der Waals surface area contributed by atoms with Gasteiger partial charge in [0.05, 0.1) is 32.0 Å². The van der Waals surface area contributed by atoms with Crippen LogP contribution in [0.2, 0.25) is 5.02 Å². The normalized spacial score (nSPS) is 15.2. The van der Waals surface area contributed by atoms with Crippen LogP contribution in [0.4, 0.5) is 11.4 Å². The Bertz CT molecular complexity index is 528. The molecule has 1 saturated heterocycles. The minimum absolute atomic E-state index is 0.669.